The number of carbonyl (C=O) groups is 2. The highest BCUT2D eigenvalue weighted by Gasteiger charge is 2.33. The molecule has 132 valence electrons. The molecular formula is C17H17Cl2N3O2S. The third-order valence-electron chi connectivity index (χ3n) is 4.19. The van der Waals surface area contributed by atoms with E-state index in [-0.39, 0.29) is 11.8 Å². The normalized spacial score (nSPS) is 17.4. The van der Waals surface area contributed by atoms with E-state index in [2.05, 4.69) is 10.3 Å². The molecule has 0 aliphatic carbocycles. The number of amides is 2. The minimum Gasteiger partial charge on any atom is -0.326 e. The Morgan fingerprint density at radius 1 is 1.28 bits per heavy atom. The number of nitrogens with zero attached hydrogens (tertiary/aromatic N) is 2. The number of benzene rings is 1. The smallest absolute Gasteiger partial charge is 0.266 e. The van der Waals surface area contributed by atoms with E-state index in [0.29, 0.717) is 39.3 Å². The second kappa shape index (κ2) is 7.72. The number of piperidine rings is 1. The summed E-state index contributed by atoms with van der Waals surface area (Å²) in [5.74, 6) is -0.345. The Hall–Kier alpha value is -1.63. The maximum Gasteiger partial charge on any atom is 0.266 e. The zero-order chi connectivity index (χ0) is 18.0. The number of anilines is 1. The lowest BCUT2D eigenvalue weighted by Gasteiger charge is -2.34. The first-order valence-corrected chi connectivity index (χ1v) is 9.58. The molecule has 1 aromatic carbocycles. The third-order valence-corrected chi connectivity index (χ3v) is 5.85. The van der Waals surface area contributed by atoms with Crippen LogP contribution >= 0.6 is 34.5 Å². The van der Waals surface area contributed by atoms with Crippen molar-refractivity contribution in [2.24, 2.45) is 0 Å². The number of rotatable bonds is 3. The molecule has 1 atom stereocenters. The highest BCUT2D eigenvalue weighted by atomic mass is 35.5. The standard InChI is InChI=1S/C17H17Cl2N3O2S/c1-10-15(25-9-20-10)17(24)22-7-3-2-4-14(22)16(23)21-11-5-6-12(18)13(19)8-11/h5-6,8-9,14H,2-4,7H2,1H3,(H,21,23). The molecule has 1 unspecified atom stereocenters. The van der Waals surface area contributed by atoms with Crippen molar-refractivity contribution in [3.8, 4) is 0 Å². The van der Waals surface area contributed by atoms with Gasteiger partial charge >= 0.3 is 0 Å². The van der Waals surface area contributed by atoms with Gasteiger partial charge in [-0.1, -0.05) is 23.2 Å². The van der Waals surface area contributed by atoms with E-state index in [9.17, 15) is 9.59 Å². The molecule has 2 heterocycles. The molecule has 1 aliphatic rings. The number of likely N-dealkylation sites (tertiary alicyclic amines) is 1. The molecule has 5 nitrogen and oxygen atoms in total. The molecule has 1 aliphatic heterocycles. The van der Waals surface area contributed by atoms with Gasteiger partial charge in [-0.25, -0.2) is 4.98 Å². The highest BCUT2D eigenvalue weighted by molar-refractivity contribution is 7.11. The molecule has 1 saturated heterocycles. The van der Waals surface area contributed by atoms with Gasteiger partial charge in [0.2, 0.25) is 5.91 Å². The summed E-state index contributed by atoms with van der Waals surface area (Å²) in [6.45, 7) is 2.37. The topological polar surface area (TPSA) is 62.3 Å². The van der Waals surface area contributed by atoms with Gasteiger partial charge in [0.1, 0.15) is 10.9 Å². The summed E-state index contributed by atoms with van der Waals surface area (Å²) in [4.78, 5) is 31.9. The van der Waals surface area contributed by atoms with Crippen molar-refractivity contribution in [1.29, 1.82) is 0 Å². The highest BCUT2D eigenvalue weighted by Crippen LogP contribution is 2.27. The fourth-order valence-electron chi connectivity index (χ4n) is 2.88. The second-order valence-electron chi connectivity index (χ2n) is 5.90. The number of nitrogens with one attached hydrogen (secondary N) is 1. The van der Waals surface area contributed by atoms with E-state index in [1.165, 1.54) is 11.3 Å². The third kappa shape index (κ3) is 3.97. The second-order valence-corrected chi connectivity index (χ2v) is 7.56. The van der Waals surface area contributed by atoms with E-state index in [4.69, 9.17) is 23.2 Å². The van der Waals surface area contributed by atoms with Crippen molar-refractivity contribution in [3.63, 3.8) is 0 Å². The van der Waals surface area contributed by atoms with Gasteiger partial charge in [-0.2, -0.15) is 0 Å². The van der Waals surface area contributed by atoms with Crippen LogP contribution in [0.3, 0.4) is 0 Å². The Labute approximate surface area is 160 Å². The van der Waals surface area contributed by atoms with Crippen LogP contribution in [-0.4, -0.2) is 34.3 Å². The van der Waals surface area contributed by atoms with Gasteiger partial charge in [0.15, 0.2) is 0 Å². The maximum atomic E-state index is 12.8. The number of aryl methyl sites for hydroxylation is 1. The van der Waals surface area contributed by atoms with E-state index >= 15 is 0 Å². The summed E-state index contributed by atoms with van der Waals surface area (Å²) in [5, 5.41) is 3.63. The van der Waals surface area contributed by atoms with Crippen LogP contribution in [0.15, 0.2) is 23.7 Å². The Morgan fingerprint density at radius 2 is 2.08 bits per heavy atom. The average molecular weight is 398 g/mol. The lowest BCUT2D eigenvalue weighted by atomic mass is 10.0. The fourth-order valence-corrected chi connectivity index (χ4v) is 3.94. The van der Waals surface area contributed by atoms with Crippen LogP contribution in [0.5, 0.6) is 0 Å². The van der Waals surface area contributed by atoms with Crippen LogP contribution in [-0.2, 0) is 4.79 Å². The zero-order valence-electron chi connectivity index (χ0n) is 13.6. The molecule has 8 heteroatoms. The summed E-state index contributed by atoms with van der Waals surface area (Å²) in [7, 11) is 0. The van der Waals surface area contributed by atoms with Crippen molar-refractivity contribution in [2.45, 2.75) is 32.2 Å². The molecule has 2 aromatic rings. The average Bonchev–Trinajstić information content (AvgIpc) is 3.03. The molecule has 0 bridgehead atoms. The fraction of sp³-hybridized carbons (Fsp3) is 0.353. The van der Waals surface area contributed by atoms with Crippen LogP contribution in [0, 0.1) is 6.92 Å². The van der Waals surface area contributed by atoms with E-state index in [1.807, 2.05) is 0 Å². The molecule has 1 aromatic heterocycles. The van der Waals surface area contributed by atoms with E-state index in [1.54, 1.807) is 35.5 Å². The van der Waals surface area contributed by atoms with Gasteiger partial charge in [-0.05, 0) is 44.4 Å². The van der Waals surface area contributed by atoms with Crippen molar-refractivity contribution in [2.75, 3.05) is 11.9 Å². The molecule has 0 spiro atoms. The Bertz CT molecular complexity index is 809. The maximum absolute atomic E-state index is 12.8. The van der Waals surface area contributed by atoms with Crippen LogP contribution in [0.2, 0.25) is 10.0 Å². The first-order valence-electron chi connectivity index (χ1n) is 7.94. The molecule has 1 fully saturated rings. The predicted octanol–water partition coefficient (Wildman–Crippen LogP) is 4.39. The summed E-state index contributed by atoms with van der Waals surface area (Å²) in [6, 6.07) is 4.42. The summed E-state index contributed by atoms with van der Waals surface area (Å²) >= 11 is 13.2. The van der Waals surface area contributed by atoms with Gasteiger partial charge in [-0.3, -0.25) is 9.59 Å². The first kappa shape index (κ1) is 18.2. The number of thiazole rings is 1. The molecule has 3 rings (SSSR count). The molecule has 2 amide bonds. The quantitative estimate of drug-likeness (QED) is 0.834. The van der Waals surface area contributed by atoms with Gasteiger partial charge < -0.3 is 10.2 Å². The lowest BCUT2D eigenvalue weighted by molar-refractivity contribution is -0.121. The van der Waals surface area contributed by atoms with E-state index in [0.717, 1.165) is 12.8 Å². The zero-order valence-corrected chi connectivity index (χ0v) is 15.9. The molecule has 1 N–H and O–H groups in total. The molecule has 25 heavy (non-hydrogen) atoms. The number of hydrogen-bond donors (Lipinski definition) is 1. The lowest BCUT2D eigenvalue weighted by Crippen LogP contribution is -2.50. The molecule has 0 saturated carbocycles. The van der Waals surface area contributed by atoms with Crippen LogP contribution < -0.4 is 5.32 Å². The summed E-state index contributed by atoms with van der Waals surface area (Å²) in [5.41, 5.74) is 2.91. The van der Waals surface area contributed by atoms with Gasteiger partial charge in [0.25, 0.3) is 5.91 Å². The first-order chi connectivity index (χ1) is 12.0. The van der Waals surface area contributed by atoms with E-state index < -0.39 is 6.04 Å². The van der Waals surface area contributed by atoms with Gasteiger partial charge in [0.05, 0.1) is 21.2 Å². The van der Waals surface area contributed by atoms with Crippen LogP contribution in [0.1, 0.15) is 34.6 Å². The van der Waals surface area contributed by atoms with Crippen molar-refractivity contribution in [3.05, 3.63) is 44.3 Å². The Morgan fingerprint density at radius 3 is 2.76 bits per heavy atom. The molecule has 0 radical (unpaired) electrons. The number of aromatic nitrogens is 1. The number of carbonyl (C=O) groups excluding carboxylic acids is 2. The van der Waals surface area contributed by atoms with Crippen LogP contribution in [0.25, 0.3) is 0 Å². The minimum absolute atomic E-state index is 0.131. The SMILES string of the molecule is Cc1ncsc1C(=O)N1CCCCC1C(=O)Nc1ccc(Cl)c(Cl)c1. The Balaban J connectivity index is 1.78. The van der Waals surface area contributed by atoms with Gasteiger partial charge in [-0.15, -0.1) is 11.3 Å². The number of halogens is 2. The van der Waals surface area contributed by atoms with Crippen molar-refractivity contribution in [1.82, 2.24) is 9.88 Å². The predicted molar refractivity (Wildman–Crippen MR) is 101 cm³/mol. The van der Waals surface area contributed by atoms with Crippen molar-refractivity contribution >= 4 is 52.0 Å². The summed E-state index contributed by atoms with van der Waals surface area (Å²) < 4.78 is 0. The monoisotopic (exact) mass is 397 g/mol. The van der Waals surface area contributed by atoms with Crippen LogP contribution in [0.4, 0.5) is 5.69 Å². The summed E-state index contributed by atoms with van der Waals surface area (Å²) in [6.07, 6.45) is 2.43. The van der Waals surface area contributed by atoms with Gasteiger partial charge in [0, 0.05) is 12.2 Å². The minimum atomic E-state index is -0.503. The largest absolute Gasteiger partial charge is 0.326 e. The number of hydrogen-bond acceptors (Lipinski definition) is 4. The molecular weight excluding hydrogens is 381 g/mol. The Kier molecular flexibility index (Phi) is 5.61. The van der Waals surface area contributed by atoms with Crippen molar-refractivity contribution < 1.29 is 9.59 Å².